The second-order valence-electron chi connectivity index (χ2n) is 7.01. The largest absolute Gasteiger partial charge is 0.322 e. The molecule has 0 unspecified atom stereocenters. The van der Waals surface area contributed by atoms with Crippen LogP contribution in [0.2, 0.25) is 0 Å². The Morgan fingerprint density at radius 3 is 2.24 bits per heavy atom. The van der Waals surface area contributed by atoms with Crippen LogP contribution in [0.25, 0.3) is 10.9 Å². The highest BCUT2D eigenvalue weighted by Gasteiger charge is 2.18. The SMILES string of the molecule is O=C(CCc1ccccc1)N(Cc1cc2ccccc2[nH]c1=O)c1ccccc1. The Hall–Kier alpha value is -3.66. The molecule has 1 N–H and O–H groups in total. The van der Waals surface area contributed by atoms with Crippen LogP contribution in [0.3, 0.4) is 0 Å². The van der Waals surface area contributed by atoms with Crippen LogP contribution in [0.15, 0.2) is 95.8 Å². The van der Waals surface area contributed by atoms with Gasteiger partial charge in [0.2, 0.25) is 5.91 Å². The van der Waals surface area contributed by atoms with Gasteiger partial charge in [-0.05, 0) is 41.6 Å². The summed E-state index contributed by atoms with van der Waals surface area (Å²) in [5.74, 6) is -0.00684. The Balaban J connectivity index is 1.62. The van der Waals surface area contributed by atoms with Crippen LogP contribution in [0.4, 0.5) is 5.69 Å². The Morgan fingerprint density at radius 1 is 0.828 bits per heavy atom. The van der Waals surface area contributed by atoms with E-state index in [9.17, 15) is 9.59 Å². The average Bonchev–Trinajstić information content (AvgIpc) is 2.77. The first-order valence-electron chi connectivity index (χ1n) is 9.71. The highest BCUT2D eigenvalue weighted by molar-refractivity contribution is 5.93. The van der Waals surface area contributed by atoms with Gasteiger partial charge < -0.3 is 9.88 Å². The number of rotatable bonds is 6. The maximum Gasteiger partial charge on any atom is 0.253 e. The molecule has 0 aliphatic heterocycles. The Labute approximate surface area is 169 Å². The number of nitrogens with zero attached hydrogens (tertiary/aromatic N) is 1. The molecule has 0 radical (unpaired) electrons. The fraction of sp³-hybridized carbons (Fsp3) is 0.120. The van der Waals surface area contributed by atoms with Crippen LogP contribution in [0, 0.1) is 0 Å². The minimum atomic E-state index is -0.166. The molecule has 0 saturated carbocycles. The maximum absolute atomic E-state index is 13.1. The van der Waals surface area contributed by atoms with E-state index in [0.29, 0.717) is 18.4 Å². The van der Waals surface area contributed by atoms with Gasteiger partial charge in [0.1, 0.15) is 0 Å². The van der Waals surface area contributed by atoms with Crippen LogP contribution in [0.1, 0.15) is 17.5 Å². The van der Waals surface area contributed by atoms with E-state index in [1.54, 1.807) is 4.90 Å². The normalized spacial score (nSPS) is 10.8. The summed E-state index contributed by atoms with van der Waals surface area (Å²) in [5.41, 5.74) is 3.11. The number of aryl methyl sites for hydroxylation is 1. The van der Waals surface area contributed by atoms with Crippen molar-refractivity contribution in [1.82, 2.24) is 4.98 Å². The quantitative estimate of drug-likeness (QED) is 0.526. The van der Waals surface area contributed by atoms with Crippen LogP contribution in [-0.2, 0) is 17.8 Å². The van der Waals surface area contributed by atoms with Gasteiger partial charge in [-0.15, -0.1) is 0 Å². The predicted molar refractivity (Wildman–Crippen MR) is 117 cm³/mol. The summed E-state index contributed by atoms with van der Waals surface area (Å²) in [6.45, 7) is 0.234. The average molecular weight is 382 g/mol. The van der Waals surface area contributed by atoms with Gasteiger partial charge in [0.15, 0.2) is 0 Å². The van der Waals surface area contributed by atoms with Gasteiger partial charge in [-0.1, -0.05) is 66.7 Å². The first-order chi connectivity index (χ1) is 14.2. The topological polar surface area (TPSA) is 53.2 Å². The number of pyridine rings is 1. The first kappa shape index (κ1) is 18.7. The summed E-state index contributed by atoms with van der Waals surface area (Å²) in [7, 11) is 0. The maximum atomic E-state index is 13.1. The van der Waals surface area contributed by atoms with Crippen LogP contribution < -0.4 is 10.5 Å². The third kappa shape index (κ3) is 4.43. The zero-order valence-corrected chi connectivity index (χ0v) is 16.0. The highest BCUT2D eigenvalue weighted by Crippen LogP contribution is 2.19. The monoisotopic (exact) mass is 382 g/mol. The molecule has 29 heavy (non-hydrogen) atoms. The van der Waals surface area contributed by atoms with E-state index < -0.39 is 0 Å². The number of aromatic nitrogens is 1. The standard InChI is InChI=1S/C25H22N2O2/c28-24(16-15-19-9-3-1-4-10-19)27(22-12-5-2-6-13-22)18-21-17-20-11-7-8-14-23(20)26-25(21)29/h1-14,17H,15-16,18H2,(H,26,29). The fourth-order valence-corrected chi connectivity index (χ4v) is 3.44. The predicted octanol–water partition coefficient (Wildman–Crippen LogP) is 4.69. The van der Waals surface area contributed by atoms with Crippen LogP contribution in [0.5, 0.6) is 0 Å². The van der Waals surface area contributed by atoms with Crippen molar-refractivity contribution in [2.75, 3.05) is 4.90 Å². The number of carbonyl (C=O) groups excluding carboxylic acids is 1. The minimum absolute atomic E-state index is 0.00684. The number of carbonyl (C=O) groups is 1. The molecule has 4 nitrogen and oxygen atoms in total. The third-order valence-corrected chi connectivity index (χ3v) is 5.00. The molecule has 0 aliphatic rings. The van der Waals surface area contributed by atoms with E-state index in [4.69, 9.17) is 0 Å². The van der Waals surface area contributed by atoms with Gasteiger partial charge in [0.05, 0.1) is 6.54 Å². The summed E-state index contributed by atoms with van der Waals surface area (Å²) in [5, 5.41) is 0.951. The zero-order chi connectivity index (χ0) is 20.1. The number of H-pyrrole nitrogens is 1. The molecule has 4 aromatic rings. The number of anilines is 1. The molecule has 1 heterocycles. The van der Waals surface area contributed by atoms with Crippen molar-refractivity contribution in [2.45, 2.75) is 19.4 Å². The number of benzene rings is 3. The summed E-state index contributed by atoms with van der Waals surface area (Å²) in [4.78, 5) is 30.3. The van der Waals surface area contributed by atoms with Crippen molar-refractivity contribution in [2.24, 2.45) is 0 Å². The lowest BCUT2D eigenvalue weighted by atomic mass is 10.1. The lowest BCUT2D eigenvalue weighted by Gasteiger charge is -2.23. The van der Waals surface area contributed by atoms with E-state index in [0.717, 1.165) is 22.2 Å². The second-order valence-corrected chi connectivity index (χ2v) is 7.01. The number of amides is 1. The summed E-state index contributed by atoms with van der Waals surface area (Å²) < 4.78 is 0. The molecule has 1 amide bonds. The van der Waals surface area contributed by atoms with Crippen molar-refractivity contribution < 1.29 is 4.79 Å². The lowest BCUT2D eigenvalue weighted by Crippen LogP contribution is -2.33. The minimum Gasteiger partial charge on any atom is -0.322 e. The first-order valence-corrected chi connectivity index (χ1v) is 9.71. The third-order valence-electron chi connectivity index (χ3n) is 5.00. The van der Waals surface area contributed by atoms with Crippen molar-refractivity contribution in [3.8, 4) is 0 Å². The molecular weight excluding hydrogens is 360 g/mol. The molecule has 4 heteroatoms. The highest BCUT2D eigenvalue weighted by atomic mass is 16.2. The van der Waals surface area contributed by atoms with E-state index in [1.165, 1.54) is 0 Å². The fourth-order valence-electron chi connectivity index (χ4n) is 3.44. The molecule has 1 aromatic heterocycles. The molecule has 144 valence electrons. The summed E-state index contributed by atoms with van der Waals surface area (Å²) in [6, 6.07) is 29.0. The number of hydrogen-bond donors (Lipinski definition) is 1. The van der Waals surface area contributed by atoms with Crippen molar-refractivity contribution >= 4 is 22.5 Å². The zero-order valence-electron chi connectivity index (χ0n) is 16.0. The number of fused-ring (bicyclic) bond motifs is 1. The summed E-state index contributed by atoms with van der Waals surface area (Å²) >= 11 is 0. The molecule has 4 rings (SSSR count). The number of nitrogens with one attached hydrogen (secondary N) is 1. The molecule has 0 bridgehead atoms. The van der Waals surface area contributed by atoms with Gasteiger partial charge in [-0.3, -0.25) is 9.59 Å². The van der Waals surface area contributed by atoms with E-state index in [-0.39, 0.29) is 18.0 Å². The van der Waals surface area contributed by atoms with Gasteiger partial charge in [0, 0.05) is 23.2 Å². The molecule has 0 atom stereocenters. The van der Waals surface area contributed by atoms with Gasteiger partial charge >= 0.3 is 0 Å². The number of para-hydroxylation sites is 2. The van der Waals surface area contributed by atoms with Crippen LogP contribution in [-0.4, -0.2) is 10.9 Å². The van der Waals surface area contributed by atoms with Crippen LogP contribution >= 0.6 is 0 Å². The Bertz CT molecular complexity index is 1170. The van der Waals surface area contributed by atoms with E-state index >= 15 is 0 Å². The van der Waals surface area contributed by atoms with Gasteiger partial charge in [-0.25, -0.2) is 0 Å². The van der Waals surface area contributed by atoms with Crippen molar-refractivity contribution in [3.05, 3.63) is 112 Å². The molecule has 0 fully saturated rings. The van der Waals surface area contributed by atoms with Gasteiger partial charge in [-0.2, -0.15) is 0 Å². The molecular formula is C25H22N2O2. The number of aromatic amines is 1. The molecule has 3 aromatic carbocycles. The Kier molecular flexibility index (Phi) is 5.52. The van der Waals surface area contributed by atoms with Crippen molar-refractivity contribution in [1.29, 1.82) is 0 Å². The smallest absolute Gasteiger partial charge is 0.253 e. The number of hydrogen-bond acceptors (Lipinski definition) is 2. The van der Waals surface area contributed by atoms with E-state index in [1.807, 2.05) is 91.0 Å². The summed E-state index contributed by atoms with van der Waals surface area (Å²) in [6.07, 6.45) is 1.04. The lowest BCUT2D eigenvalue weighted by molar-refractivity contribution is -0.118. The van der Waals surface area contributed by atoms with E-state index in [2.05, 4.69) is 4.98 Å². The van der Waals surface area contributed by atoms with Crippen molar-refractivity contribution in [3.63, 3.8) is 0 Å². The molecule has 0 aliphatic carbocycles. The second kappa shape index (κ2) is 8.57. The molecule has 0 spiro atoms. The van der Waals surface area contributed by atoms with Gasteiger partial charge in [0.25, 0.3) is 5.56 Å². The Morgan fingerprint density at radius 2 is 1.48 bits per heavy atom. The molecule has 0 saturated heterocycles.